The molecule has 0 fully saturated rings. The molecule has 0 aliphatic heterocycles. The van der Waals surface area contributed by atoms with Crippen molar-refractivity contribution in [2.75, 3.05) is 0 Å². The van der Waals surface area contributed by atoms with Crippen LogP contribution in [0.5, 0.6) is 0 Å². The molecule has 48 heavy (non-hydrogen) atoms. The Morgan fingerprint density at radius 2 is 0.771 bits per heavy atom. The molecule has 0 heterocycles. The van der Waals surface area contributed by atoms with Crippen molar-refractivity contribution in [3.63, 3.8) is 0 Å². The van der Waals surface area contributed by atoms with Crippen LogP contribution in [-0.4, -0.2) is 0 Å². The molecular weight excluding hydrogens is 577 g/mol. The summed E-state index contributed by atoms with van der Waals surface area (Å²) >= 11 is 0. The average molecular weight is 605 g/mol. The largest absolute Gasteiger partial charge is 0.0622 e. The highest BCUT2D eigenvalue weighted by Crippen LogP contribution is 2.60. The van der Waals surface area contributed by atoms with Crippen molar-refractivity contribution >= 4 is 53.9 Å². The molecule has 10 aromatic carbocycles. The maximum Gasteiger partial charge on any atom is -0.000719 e. The van der Waals surface area contributed by atoms with E-state index in [-0.39, 0.29) is 0 Å². The topological polar surface area (TPSA) is 0 Å². The maximum absolute atomic E-state index is 2.48. The van der Waals surface area contributed by atoms with Crippen LogP contribution in [-0.2, 0) is 0 Å². The normalized spacial score (nSPS) is 12.2. The summed E-state index contributed by atoms with van der Waals surface area (Å²) in [4.78, 5) is 0. The molecule has 0 heteroatoms. The van der Waals surface area contributed by atoms with Crippen molar-refractivity contribution in [2.24, 2.45) is 0 Å². The second kappa shape index (κ2) is 9.64. The van der Waals surface area contributed by atoms with Gasteiger partial charge in [0, 0.05) is 0 Å². The van der Waals surface area contributed by atoms with Gasteiger partial charge in [-0.15, -0.1) is 0 Å². The zero-order chi connectivity index (χ0) is 31.3. The van der Waals surface area contributed by atoms with E-state index in [0.29, 0.717) is 0 Å². The summed E-state index contributed by atoms with van der Waals surface area (Å²) < 4.78 is 0. The highest BCUT2D eigenvalue weighted by atomic mass is 14.3. The minimum atomic E-state index is 1.24. The first-order valence-corrected chi connectivity index (χ1v) is 16.8. The molecule has 11 rings (SSSR count). The Bertz CT molecular complexity index is 2900. The first-order valence-electron chi connectivity index (χ1n) is 16.8. The van der Waals surface area contributed by atoms with E-state index in [1.165, 1.54) is 109 Å². The molecule has 0 radical (unpaired) electrons. The van der Waals surface area contributed by atoms with Gasteiger partial charge in [-0.2, -0.15) is 0 Å². The van der Waals surface area contributed by atoms with Crippen LogP contribution >= 0.6 is 0 Å². The van der Waals surface area contributed by atoms with Gasteiger partial charge in [0.1, 0.15) is 0 Å². The van der Waals surface area contributed by atoms with Crippen LogP contribution in [0.2, 0.25) is 0 Å². The van der Waals surface area contributed by atoms with Gasteiger partial charge in [-0.1, -0.05) is 152 Å². The number of benzene rings is 10. The van der Waals surface area contributed by atoms with Crippen LogP contribution < -0.4 is 0 Å². The first-order chi connectivity index (χ1) is 23.8. The van der Waals surface area contributed by atoms with Gasteiger partial charge >= 0.3 is 0 Å². The Hall–Kier alpha value is -6.24. The van der Waals surface area contributed by atoms with E-state index in [0.717, 1.165) is 0 Å². The lowest BCUT2D eigenvalue weighted by Crippen LogP contribution is -1.94. The summed E-state index contributed by atoms with van der Waals surface area (Å²) in [5.74, 6) is 0. The van der Waals surface area contributed by atoms with Crippen LogP contribution in [0.1, 0.15) is 0 Å². The van der Waals surface area contributed by atoms with E-state index < -0.39 is 0 Å². The summed E-state index contributed by atoms with van der Waals surface area (Å²) in [6, 6.07) is 63.2. The monoisotopic (exact) mass is 604 g/mol. The molecule has 0 spiro atoms. The predicted octanol–water partition coefficient (Wildman–Crippen LogP) is 13.5. The molecule has 0 N–H and O–H groups in total. The summed E-state index contributed by atoms with van der Waals surface area (Å²) in [5, 5.41) is 13.2. The number of hydrogen-bond donors (Lipinski definition) is 0. The van der Waals surface area contributed by atoms with Gasteiger partial charge in [0.15, 0.2) is 0 Å². The maximum atomic E-state index is 2.48. The van der Waals surface area contributed by atoms with Crippen LogP contribution in [0.25, 0.3) is 109 Å². The molecule has 0 amide bonds. The van der Waals surface area contributed by atoms with Gasteiger partial charge in [-0.25, -0.2) is 0 Å². The molecule has 0 saturated carbocycles. The Morgan fingerprint density at radius 3 is 1.48 bits per heavy atom. The number of rotatable bonds is 3. The van der Waals surface area contributed by atoms with Crippen molar-refractivity contribution in [3.8, 4) is 55.6 Å². The zero-order valence-electron chi connectivity index (χ0n) is 26.2. The van der Waals surface area contributed by atoms with Crippen molar-refractivity contribution in [2.45, 2.75) is 0 Å². The lowest BCUT2D eigenvalue weighted by atomic mass is 9.81. The van der Waals surface area contributed by atoms with Gasteiger partial charge in [-0.05, 0) is 128 Å². The minimum absolute atomic E-state index is 1.24. The molecule has 0 nitrogen and oxygen atoms in total. The van der Waals surface area contributed by atoms with E-state index in [2.05, 4.69) is 170 Å². The highest BCUT2D eigenvalue weighted by Gasteiger charge is 2.32. The van der Waals surface area contributed by atoms with Crippen LogP contribution in [0.4, 0.5) is 0 Å². The molecule has 220 valence electrons. The van der Waals surface area contributed by atoms with Crippen LogP contribution in [0.3, 0.4) is 0 Å². The van der Waals surface area contributed by atoms with Gasteiger partial charge in [-0.3, -0.25) is 0 Å². The molecule has 0 unspecified atom stereocenters. The third-order valence-electron chi connectivity index (χ3n) is 10.7. The smallest absolute Gasteiger partial charge is 0.000719 e. The van der Waals surface area contributed by atoms with Crippen molar-refractivity contribution in [1.29, 1.82) is 0 Å². The van der Waals surface area contributed by atoms with Crippen molar-refractivity contribution < 1.29 is 0 Å². The van der Waals surface area contributed by atoms with Gasteiger partial charge < -0.3 is 0 Å². The number of hydrogen-bond acceptors (Lipinski definition) is 0. The molecule has 0 bridgehead atoms. The summed E-state index contributed by atoms with van der Waals surface area (Å²) in [6.45, 7) is 0. The fourth-order valence-corrected chi connectivity index (χ4v) is 8.73. The van der Waals surface area contributed by atoms with E-state index in [1.54, 1.807) is 0 Å². The highest BCUT2D eigenvalue weighted by molar-refractivity contribution is 6.36. The average Bonchev–Trinajstić information content (AvgIpc) is 3.48. The molecule has 1 aliphatic rings. The first kappa shape index (κ1) is 25.9. The second-order valence-electron chi connectivity index (χ2n) is 13.2. The lowest BCUT2D eigenvalue weighted by molar-refractivity contribution is 1.62. The third-order valence-corrected chi connectivity index (χ3v) is 10.7. The van der Waals surface area contributed by atoms with Crippen LogP contribution in [0.15, 0.2) is 170 Å². The Labute approximate surface area is 278 Å². The zero-order valence-corrected chi connectivity index (χ0v) is 26.2. The Morgan fingerprint density at radius 1 is 0.229 bits per heavy atom. The van der Waals surface area contributed by atoms with Gasteiger partial charge in [0.05, 0.1) is 0 Å². The summed E-state index contributed by atoms with van der Waals surface area (Å²) in [5.41, 5.74) is 13.0. The summed E-state index contributed by atoms with van der Waals surface area (Å²) in [6.07, 6.45) is 0. The molecule has 0 saturated heterocycles. The second-order valence-corrected chi connectivity index (χ2v) is 13.2. The van der Waals surface area contributed by atoms with Crippen LogP contribution in [0, 0.1) is 0 Å². The molecular formula is C48H28. The van der Waals surface area contributed by atoms with E-state index in [9.17, 15) is 0 Å². The Kier molecular flexibility index (Phi) is 5.20. The SMILES string of the molecule is c1ccc(-c2cccc3cc4c(-c5ccccc5)c5c(c(-c6ccccc6)c4cc23)-c2ccc3ccc4cccc6cc-5c2c3c46)cc1. The minimum Gasteiger partial charge on any atom is -0.0622 e. The molecule has 0 atom stereocenters. The van der Waals surface area contributed by atoms with Crippen molar-refractivity contribution in [1.82, 2.24) is 0 Å². The van der Waals surface area contributed by atoms with Gasteiger partial charge in [0.25, 0.3) is 0 Å². The van der Waals surface area contributed by atoms with E-state index >= 15 is 0 Å². The van der Waals surface area contributed by atoms with E-state index in [4.69, 9.17) is 0 Å². The third kappa shape index (κ3) is 3.44. The molecule has 10 aromatic rings. The van der Waals surface area contributed by atoms with E-state index in [1.807, 2.05) is 0 Å². The van der Waals surface area contributed by atoms with Crippen molar-refractivity contribution in [3.05, 3.63) is 170 Å². The quantitative estimate of drug-likeness (QED) is 0.139. The Balaban J connectivity index is 1.40. The fourth-order valence-electron chi connectivity index (χ4n) is 8.73. The number of fused-ring (bicyclic) bond motifs is 5. The standard InChI is InChI=1S/C48H28/c1-4-12-29(13-5-1)36-21-11-19-34-26-39-40(28-38(34)36)44(31-16-8-3-9-17-31)47-37-25-24-33-23-22-32-18-10-20-35-27-41(46(37)45(33)42(32)35)48(47)43(39)30-14-6-2-7-15-30/h1-28H. The lowest BCUT2D eigenvalue weighted by Gasteiger charge is -2.21. The summed E-state index contributed by atoms with van der Waals surface area (Å²) in [7, 11) is 0. The molecule has 1 aliphatic carbocycles. The fraction of sp³-hybridized carbons (Fsp3) is 0. The van der Waals surface area contributed by atoms with Gasteiger partial charge in [0.2, 0.25) is 0 Å². The predicted molar refractivity (Wildman–Crippen MR) is 206 cm³/mol. The molecule has 0 aromatic heterocycles.